The quantitative estimate of drug-likeness (QED) is 0.632. The second-order valence-electron chi connectivity index (χ2n) is 6.06. The summed E-state index contributed by atoms with van der Waals surface area (Å²) in [4.78, 5) is 13.0. The van der Waals surface area contributed by atoms with E-state index in [-0.39, 0.29) is 10.6 Å². The number of hydrogen-bond acceptors (Lipinski definition) is 5. The molecule has 1 amide bonds. The molecule has 0 saturated carbocycles. The van der Waals surface area contributed by atoms with Gasteiger partial charge < -0.3 is 14.8 Å². The van der Waals surface area contributed by atoms with Gasteiger partial charge in [0.15, 0.2) is 0 Å². The zero-order valence-electron chi connectivity index (χ0n) is 17.3. The first-order valence-corrected chi connectivity index (χ1v) is 11.1. The van der Waals surface area contributed by atoms with E-state index in [0.717, 1.165) is 0 Å². The summed E-state index contributed by atoms with van der Waals surface area (Å²) in [5.41, 5.74) is 0.644. The number of para-hydroxylation sites is 1. The van der Waals surface area contributed by atoms with Crippen molar-refractivity contribution >= 4 is 21.6 Å². The monoisotopic (exact) mass is 420 g/mol. The highest BCUT2D eigenvalue weighted by Gasteiger charge is 2.24. The number of nitrogens with zero attached hydrogens (tertiary/aromatic N) is 1. The van der Waals surface area contributed by atoms with Gasteiger partial charge in [0.1, 0.15) is 11.5 Å². The highest BCUT2D eigenvalue weighted by Crippen LogP contribution is 2.30. The normalized spacial score (nSPS) is 11.3. The fourth-order valence-corrected chi connectivity index (χ4v) is 4.37. The lowest BCUT2D eigenvalue weighted by Crippen LogP contribution is -2.30. The van der Waals surface area contributed by atoms with Crippen LogP contribution < -0.4 is 14.8 Å². The number of sulfonamides is 1. The Morgan fingerprint density at radius 2 is 1.55 bits per heavy atom. The number of rotatable bonds is 10. The van der Waals surface area contributed by atoms with E-state index in [4.69, 9.17) is 9.47 Å². The van der Waals surface area contributed by atoms with Gasteiger partial charge in [0, 0.05) is 13.1 Å². The Morgan fingerprint density at radius 1 is 0.931 bits per heavy atom. The Kier molecular flexibility index (Phi) is 8.04. The van der Waals surface area contributed by atoms with E-state index in [0.29, 0.717) is 43.4 Å². The molecule has 0 aliphatic rings. The average molecular weight is 421 g/mol. The molecule has 2 aromatic carbocycles. The third-order valence-corrected chi connectivity index (χ3v) is 6.32. The van der Waals surface area contributed by atoms with Crippen molar-refractivity contribution in [3.05, 3.63) is 48.0 Å². The van der Waals surface area contributed by atoms with Gasteiger partial charge >= 0.3 is 0 Å². The molecule has 0 bridgehead atoms. The van der Waals surface area contributed by atoms with E-state index in [9.17, 15) is 13.2 Å². The van der Waals surface area contributed by atoms with Crippen LogP contribution in [0.5, 0.6) is 11.5 Å². The van der Waals surface area contributed by atoms with Crippen LogP contribution in [0.15, 0.2) is 47.4 Å². The molecule has 29 heavy (non-hydrogen) atoms. The Balaban J connectivity index is 2.44. The number of carbonyl (C=O) groups excluding carboxylic acids is 1. The van der Waals surface area contributed by atoms with Crippen LogP contribution in [0.4, 0.5) is 5.69 Å². The largest absolute Gasteiger partial charge is 0.493 e. The van der Waals surface area contributed by atoms with Crippen LogP contribution in [0.2, 0.25) is 0 Å². The van der Waals surface area contributed by atoms with E-state index in [1.807, 2.05) is 13.8 Å². The lowest BCUT2D eigenvalue weighted by molar-refractivity contribution is 0.102. The first-order chi connectivity index (χ1) is 13.9. The lowest BCUT2D eigenvalue weighted by Gasteiger charge is -2.20. The summed E-state index contributed by atoms with van der Waals surface area (Å²) in [6.45, 7) is 8.73. The van der Waals surface area contributed by atoms with Crippen molar-refractivity contribution in [2.45, 2.75) is 32.6 Å². The number of anilines is 1. The third kappa shape index (κ3) is 5.27. The van der Waals surface area contributed by atoms with Gasteiger partial charge in [-0.3, -0.25) is 4.79 Å². The number of nitrogens with one attached hydrogen (secondary N) is 1. The zero-order valence-corrected chi connectivity index (χ0v) is 18.1. The predicted octanol–water partition coefficient (Wildman–Crippen LogP) is 3.77. The van der Waals surface area contributed by atoms with Gasteiger partial charge in [0.25, 0.3) is 5.91 Å². The summed E-state index contributed by atoms with van der Waals surface area (Å²) >= 11 is 0. The topological polar surface area (TPSA) is 84.9 Å². The van der Waals surface area contributed by atoms with Crippen molar-refractivity contribution < 1.29 is 22.7 Å². The minimum absolute atomic E-state index is 0.0954. The number of benzene rings is 2. The van der Waals surface area contributed by atoms with Gasteiger partial charge in [-0.1, -0.05) is 26.0 Å². The van der Waals surface area contributed by atoms with Gasteiger partial charge in [0.2, 0.25) is 10.0 Å². The number of carbonyl (C=O) groups is 1. The van der Waals surface area contributed by atoms with E-state index in [1.165, 1.54) is 16.4 Å². The summed E-state index contributed by atoms with van der Waals surface area (Å²) in [5.74, 6) is 0.443. The maximum absolute atomic E-state index is 12.9. The first-order valence-electron chi connectivity index (χ1n) is 9.69. The van der Waals surface area contributed by atoms with Crippen molar-refractivity contribution in [1.29, 1.82) is 0 Å². The second-order valence-corrected chi connectivity index (χ2v) is 8.00. The van der Waals surface area contributed by atoms with Gasteiger partial charge in [-0.05, 0) is 44.2 Å². The molecule has 8 heteroatoms. The number of hydrogen-bond donors (Lipinski definition) is 1. The number of ether oxygens (including phenoxy) is 2. The summed E-state index contributed by atoms with van der Waals surface area (Å²) in [6, 6.07) is 11.4. The molecule has 2 rings (SSSR count). The summed E-state index contributed by atoms with van der Waals surface area (Å²) in [6.07, 6.45) is 0. The molecule has 0 aromatic heterocycles. The van der Waals surface area contributed by atoms with Crippen LogP contribution in [0.3, 0.4) is 0 Å². The van der Waals surface area contributed by atoms with Gasteiger partial charge in [-0.2, -0.15) is 4.31 Å². The molecule has 0 aliphatic carbocycles. The fraction of sp³-hybridized carbons (Fsp3) is 0.381. The van der Waals surface area contributed by atoms with Crippen LogP contribution >= 0.6 is 0 Å². The highest BCUT2D eigenvalue weighted by atomic mass is 32.2. The van der Waals surface area contributed by atoms with E-state index >= 15 is 0 Å². The Labute approximate surface area is 172 Å². The van der Waals surface area contributed by atoms with Crippen LogP contribution in [0.1, 0.15) is 38.1 Å². The average Bonchev–Trinajstić information content (AvgIpc) is 2.70. The van der Waals surface area contributed by atoms with Crippen molar-refractivity contribution in [2.24, 2.45) is 0 Å². The minimum Gasteiger partial charge on any atom is -0.493 e. The molecule has 0 radical (unpaired) electrons. The van der Waals surface area contributed by atoms with E-state index in [1.54, 1.807) is 44.2 Å². The van der Waals surface area contributed by atoms with E-state index in [2.05, 4.69) is 5.32 Å². The maximum Gasteiger partial charge on any atom is 0.259 e. The molecule has 0 fully saturated rings. The molecule has 2 aromatic rings. The lowest BCUT2D eigenvalue weighted by atomic mass is 10.1. The zero-order chi connectivity index (χ0) is 21.4. The van der Waals surface area contributed by atoms with Gasteiger partial charge in [0.05, 0.1) is 29.4 Å². The van der Waals surface area contributed by atoms with Crippen LogP contribution in [-0.2, 0) is 10.0 Å². The Hall–Kier alpha value is -2.58. The van der Waals surface area contributed by atoms with Crippen molar-refractivity contribution in [3.63, 3.8) is 0 Å². The Morgan fingerprint density at radius 3 is 2.17 bits per heavy atom. The molecule has 7 nitrogen and oxygen atoms in total. The van der Waals surface area contributed by atoms with Gasteiger partial charge in [-0.25, -0.2) is 8.42 Å². The molecule has 0 saturated heterocycles. The molecule has 0 aliphatic heterocycles. The van der Waals surface area contributed by atoms with Crippen molar-refractivity contribution in [3.8, 4) is 11.5 Å². The molecular weight excluding hydrogens is 392 g/mol. The van der Waals surface area contributed by atoms with Crippen molar-refractivity contribution in [1.82, 2.24) is 4.31 Å². The van der Waals surface area contributed by atoms with Gasteiger partial charge in [-0.15, -0.1) is 0 Å². The van der Waals surface area contributed by atoms with Crippen molar-refractivity contribution in [2.75, 3.05) is 31.6 Å². The first kappa shape index (κ1) is 22.7. The molecule has 0 unspecified atom stereocenters. The van der Waals surface area contributed by atoms with Crippen LogP contribution in [0, 0.1) is 0 Å². The Bertz CT molecular complexity index is 940. The summed E-state index contributed by atoms with van der Waals surface area (Å²) in [5, 5.41) is 2.77. The molecule has 1 N–H and O–H groups in total. The van der Waals surface area contributed by atoms with Crippen LogP contribution in [-0.4, -0.2) is 44.9 Å². The molecule has 0 spiro atoms. The molecular formula is C21H28N2O5S. The smallest absolute Gasteiger partial charge is 0.259 e. The van der Waals surface area contributed by atoms with Crippen LogP contribution in [0.25, 0.3) is 0 Å². The SMILES string of the molecule is CCOc1ccc(S(=O)(=O)N(CC)CC)cc1NC(=O)c1ccccc1OCC. The summed E-state index contributed by atoms with van der Waals surface area (Å²) in [7, 11) is -3.67. The fourth-order valence-electron chi connectivity index (χ4n) is 2.89. The third-order valence-electron chi connectivity index (χ3n) is 4.27. The van der Waals surface area contributed by atoms with E-state index < -0.39 is 15.9 Å². The molecule has 158 valence electrons. The second kappa shape index (κ2) is 10.3. The number of amides is 1. The highest BCUT2D eigenvalue weighted by molar-refractivity contribution is 7.89. The summed E-state index contributed by atoms with van der Waals surface area (Å²) < 4.78 is 38.2. The maximum atomic E-state index is 12.9. The standard InChI is InChI=1S/C21H28N2O5S/c1-5-23(6-2)29(25,26)16-13-14-20(28-8-4)18(15-16)22-21(24)17-11-9-10-12-19(17)27-7-3/h9-15H,5-8H2,1-4H3,(H,22,24). The molecule has 0 heterocycles. The predicted molar refractivity (Wildman–Crippen MR) is 113 cm³/mol. The minimum atomic E-state index is -3.67. The molecule has 0 atom stereocenters.